The van der Waals surface area contributed by atoms with E-state index < -0.39 is 0 Å². The maximum Gasteiger partial charge on any atom is 0.192 e. The Hall–Kier alpha value is -0.310. The number of hydrogen-bond donors (Lipinski definition) is 1. The van der Waals surface area contributed by atoms with Crippen LogP contribution in [-0.2, 0) is 4.74 Å². The predicted octanol–water partition coefficient (Wildman–Crippen LogP) is 1.51. The summed E-state index contributed by atoms with van der Waals surface area (Å²) in [4.78, 5) is 0. The lowest BCUT2D eigenvalue weighted by atomic mass is 10.4. The summed E-state index contributed by atoms with van der Waals surface area (Å²) in [6.45, 7) is 2.74. The third-order valence-electron chi connectivity index (χ3n) is 1.02. The average molecular weight is 145 g/mol. The van der Waals surface area contributed by atoms with Crippen molar-refractivity contribution in [2.75, 3.05) is 12.4 Å². The van der Waals surface area contributed by atoms with E-state index in [0.717, 1.165) is 24.7 Å². The number of ether oxygens (including phenoxy) is 1. The molecule has 1 heterocycles. The zero-order valence-electron chi connectivity index (χ0n) is 5.52. The first kappa shape index (κ1) is 6.81. The van der Waals surface area contributed by atoms with Crippen molar-refractivity contribution in [3.05, 3.63) is 12.0 Å². The van der Waals surface area contributed by atoms with Crippen molar-refractivity contribution in [2.24, 2.45) is 0 Å². The molecule has 0 saturated carbocycles. The highest BCUT2D eigenvalue weighted by atomic mass is 32.2. The summed E-state index contributed by atoms with van der Waals surface area (Å²) in [6.07, 6.45) is 3.20. The molecule has 0 aromatic carbocycles. The van der Waals surface area contributed by atoms with E-state index in [4.69, 9.17) is 4.74 Å². The van der Waals surface area contributed by atoms with Gasteiger partial charge in [0.05, 0.1) is 6.61 Å². The van der Waals surface area contributed by atoms with Crippen molar-refractivity contribution in [3.63, 3.8) is 0 Å². The Morgan fingerprint density at radius 3 is 3.33 bits per heavy atom. The smallest absolute Gasteiger partial charge is 0.192 e. The largest absolute Gasteiger partial charge is 0.479 e. The molecular weight excluding hydrogens is 134 g/mol. The van der Waals surface area contributed by atoms with Gasteiger partial charge in [-0.1, -0.05) is 11.9 Å². The van der Waals surface area contributed by atoms with Crippen LogP contribution < -0.4 is 4.72 Å². The fourth-order valence-corrected chi connectivity index (χ4v) is 1.28. The summed E-state index contributed by atoms with van der Waals surface area (Å²) in [7, 11) is 0. The Morgan fingerprint density at radius 2 is 2.78 bits per heavy atom. The lowest BCUT2D eigenvalue weighted by Gasteiger charge is -2.13. The van der Waals surface area contributed by atoms with Crippen molar-refractivity contribution >= 4 is 11.9 Å². The van der Waals surface area contributed by atoms with Gasteiger partial charge in [0.25, 0.3) is 0 Å². The first-order valence-corrected chi connectivity index (χ1v) is 4.13. The van der Waals surface area contributed by atoms with Gasteiger partial charge in [0.1, 0.15) is 0 Å². The second-order valence-corrected chi connectivity index (χ2v) is 2.64. The molecule has 9 heavy (non-hydrogen) atoms. The summed E-state index contributed by atoms with van der Waals surface area (Å²) in [5.41, 5.74) is 0. The van der Waals surface area contributed by atoms with Crippen LogP contribution in [0.5, 0.6) is 0 Å². The summed E-state index contributed by atoms with van der Waals surface area (Å²) < 4.78 is 8.29. The van der Waals surface area contributed by atoms with E-state index in [1.165, 1.54) is 0 Å². The van der Waals surface area contributed by atoms with Crippen molar-refractivity contribution in [1.29, 1.82) is 0 Å². The Labute approximate surface area is 59.8 Å². The highest BCUT2D eigenvalue weighted by Gasteiger charge is 2.00. The average Bonchev–Trinajstić information content (AvgIpc) is 1.91. The Morgan fingerprint density at radius 1 is 1.89 bits per heavy atom. The molecule has 0 radical (unpaired) electrons. The second-order valence-electron chi connectivity index (χ2n) is 1.74. The van der Waals surface area contributed by atoms with Crippen LogP contribution in [0, 0.1) is 0 Å². The van der Waals surface area contributed by atoms with E-state index in [0.29, 0.717) is 0 Å². The molecular formula is C6H11NOS. The highest BCUT2D eigenvalue weighted by molar-refractivity contribution is 7.97. The molecule has 1 rings (SSSR count). The second kappa shape index (κ2) is 3.67. The van der Waals surface area contributed by atoms with Gasteiger partial charge in [-0.3, -0.25) is 0 Å². The Balaban J connectivity index is 2.28. The van der Waals surface area contributed by atoms with Gasteiger partial charge in [-0.05, 0) is 19.4 Å². The number of hydrogen-bond acceptors (Lipinski definition) is 3. The molecule has 0 aliphatic carbocycles. The van der Waals surface area contributed by atoms with Gasteiger partial charge < -0.3 is 9.46 Å². The molecule has 0 aromatic heterocycles. The predicted molar refractivity (Wildman–Crippen MR) is 39.9 cm³/mol. The van der Waals surface area contributed by atoms with Gasteiger partial charge in [0.2, 0.25) is 0 Å². The molecule has 0 bridgehead atoms. The molecule has 0 saturated heterocycles. The molecule has 0 amide bonds. The SMILES string of the molecule is CCOC1=CCCSN1. The van der Waals surface area contributed by atoms with Crippen molar-refractivity contribution in [3.8, 4) is 0 Å². The van der Waals surface area contributed by atoms with Gasteiger partial charge in [-0.15, -0.1) is 0 Å². The van der Waals surface area contributed by atoms with Crippen LogP contribution in [-0.4, -0.2) is 12.4 Å². The van der Waals surface area contributed by atoms with Gasteiger partial charge in [-0.25, -0.2) is 0 Å². The zero-order valence-corrected chi connectivity index (χ0v) is 6.33. The summed E-state index contributed by atoms with van der Waals surface area (Å²) >= 11 is 1.70. The third-order valence-corrected chi connectivity index (χ3v) is 1.81. The van der Waals surface area contributed by atoms with E-state index in [-0.39, 0.29) is 0 Å². The molecule has 52 valence electrons. The van der Waals surface area contributed by atoms with E-state index >= 15 is 0 Å². The highest BCUT2D eigenvalue weighted by Crippen LogP contribution is 2.10. The minimum Gasteiger partial charge on any atom is -0.479 e. The van der Waals surface area contributed by atoms with E-state index in [1.54, 1.807) is 11.9 Å². The standard InChI is InChI=1S/C6H11NOS/c1-2-8-6-4-3-5-9-7-6/h4,7H,2-3,5H2,1H3. The Kier molecular flexibility index (Phi) is 2.77. The third kappa shape index (κ3) is 2.18. The number of allylic oxidation sites excluding steroid dienone is 1. The first-order valence-electron chi connectivity index (χ1n) is 3.14. The lowest BCUT2D eigenvalue weighted by molar-refractivity contribution is 0.218. The van der Waals surface area contributed by atoms with E-state index in [1.807, 2.05) is 6.92 Å². The maximum atomic E-state index is 5.21. The van der Waals surface area contributed by atoms with Gasteiger partial charge >= 0.3 is 0 Å². The minimum absolute atomic E-state index is 0.749. The zero-order chi connectivity index (χ0) is 6.53. The molecule has 0 spiro atoms. The summed E-state index contributed by atoms with van der Waals surface area (Å²) in [5.74, 6) is 2.07. The number of rotatable bonds is 2. The lowest BCUT2D eigenvalue weighted by Crippen LogP contribution is -2.11. The topological polar surface area (TPSA) is 21.3 Å². The molecule has 2 nitrogen and oxygen atoms in total. The van der Waals surface area contributed by atoms with Crippen LogP contribution in [0.25, 0.3) is 0 Å². The minimum atomic E-state index is 0.749. The van der Waals surface area contributed by atoms with Crippen LogP contribution in [0.15, 0.2) is 12.0 Å². The molecule has 1 aliphatic heterocycles. The van der Waals surface area contributed by atoms with Gasteiger partial charge in [0, 0.05) is 5.75 Å². The van der Waals surface area contributed by atoms with Crippen LogP contribution in [0.1, 0.15) is 13.3 Å². The molecule has 0 atom stereocenters. The first-order chi connectivity index (χ1) is 4.43. The quantitative estimate of drug-likeness (QED) is 0.595. The molecule has 0 fully saturated rings. The molecule has 0 aromatic rings. The van der Waals surface area contributed by atoms with Crippen LogP contribution in [0.2, 0.25) is 0 Å². The van der Waals surface area contributed by atoms with Crippen LogP contribution in [0.4, 0.5) is 0 Å². The summed E-state index contributed by atoms with van der Waals surface area (Å²) in [5, 5.41) is 0. The monoisotopic (exact) mass is 145 g/mol. The summed E-state index contributed by atoms with van der Waals surface area (Å²) in [6, 6.07) is 0. The molecule has 1 aliphatic rings. The fraction of sp³-hybridized carbons (Fsp3) is 0.667. The number of nitrogens with one attached hydrogen (secondary N) is 1. The Bertz CT molecular complexity index is 114. The van der Waals surface area contributed by atoms with Crippen molar-refractivity contribution < 1.29 is 4.74 Å². The van der Waals surface area contributed by atoms with Crippen molar-refractivity contribution in [1.82, 2.24) is 4.72 Å². The molecule has 0 unspecified atom stereocenters. The molecule has 3 heteroatoms. The maximum absolute atomic E-state index is 5.21. The van der Waals surface area contributed by atoms with E-state index in [9.17, 15) is 0 Å². The molecule has 1 N–H and O–H groups in total. The van der Waals surface area contributed by atoms with Gasteiger partial charge in [-0.2, -0.15) is 0 Å². The fourth-order valence-electron chi connectivity index (χ4n) is 0.657. The van der Waals surface area contributed by atoms with E-state index in [2.05, 4.69) is 10.8 Å². The van der Waals surface area contributed by atoms with Crippen LogP contribution in [0.3, 0.4) is 0 Å². The van der Waals surface area contributed by atoms with Crippen molar-refractivity contribution in [2.45, 2.75) is 13.3 Å². The van der Waals surface area contributed by atoms with Gasteiger partial charge in [0.15, 0.2) is 5.88 Å². The normalized spacial score (nSPS) is 18.1. The van der Waals surface area contributed by atoms with Crippen LogP contribution >= 0.6 is 11.9 Å².